The van der Waals surface area contributed by atoms with Gasteiger partial charge in [-0.25, -0.2) is 4.39 Å². The van der Waals surface area contributed by atoms with E-state index in [1.54, 1.807) is 12.1 Å². The number of halogens is 1. The molecule has 0 aliphatic carbocycles. The van der Waals surface area contributed by atoms with E-state index in [2.05, 4.69) is 0 Å². The summed E-state index contributed by atoms with van der Waals surface area (Å²) in [5.74, 6) is 1.11. The number of amides is 1. The number of rotatable bonds is 2. The summed E-state index contributed by atoms with van der Waals surface area (Å²) in [6.45, 7) is 2.00. The van der Waals surface area contributed by atoms with Gasteiger partial charge in [0.05, 0.1) is 19.3 Å². The van der Waals surface area contributed by atoms with Gasteiger partial charge in [0.25, 0.3) is 5.91 Å². The Morgan fingerprint density at radius 2 is 1.76 bits per heavy atom. The van der Waals surface area contributed by atoms with Crippen LogP contribution in [-0.2, 0) is 0 Å². The Hall–Kier alpha value is -2.56. The molecule has 0 radical (unpaired) electrons. The molecule has 2 aliphatic rings. The summed E-state index contributed by atoms with van der Waals surface area (Å²) in [5.41, 5.74) is 1.57. The third-order valence-electron chi connectivity index (χ3n) is 4.76. The van der Waals surface area contributed by atoms with Gasteiger partial charge in [-0.05, 0) is 54.8 Å². The van der Waals surface area contributed by atoms with Crippen molar-refractivity contribution in [2.75, 3.05) is 19.8 Å². The molecule has 0 unspecified atom stereocenters. The van der Waals surface area contributed by atoms with Crippen LogP contribution in [0.3, 0.4) is 0 Å². The number of hydrogen-bond donors (Lipinski definition) is 0. The molecule has 5 heteroatoms. The molecular weight excluding hydrogens is 321 g/mol. The Morgan fingerprint density at radius 3 is 2.56 bits per heavy atom. The van der Waals surface area contributed by atoms with Gasteiger partial charge in [0.15, 0.2) is 11.5 Å². The summed E-state index contributed by atoms with van der Waals surface area (Å²) in [7, 11) is 0. The van der Waals surface area contributed by atoms with Gasteiger partial charge in [0.2, 0.25) is 0 Å². The maximum Gasteiger partial charge on any atom is 0.254 e. The van der Waals surface area contributed by atoms with Gasteiger partial charge >= 0.3 is 0 Å². The van der Waals surface area contributed by atoms with Crippen molar-refractivity contribution in [3.05, 3.63) is 59.4 Å². The lowest BCUT2D eigenvalue weighted by Gasteiger charge is -2.26. The average Bonchev–Trinajstić information content (AvgIpc) is 3.00. The molecule has 0 aromatic heterocycles. The highest BCUT2D eigenvalue weighted by atomic mass is 19.1. The van der Waals surface area contributed by atoms with E-state index in [0.717, 1.165) is 36.3 Å². The monoisotopic (exact) mass is 341 g/mol. The smallest absolute Gasteiger partial charge is 0.254 e. The fourth-order valence-corrected chi connectivity index (χ4v) is 3.50. The molecule has 2 aromatic carbocycles. The zero-order valence-electron chi connectivity index (χ0n) is 13.9. The van der Waals surface area contributed by atoms with Crippen molar-refractivity contribution >= 4 is 5.91 Å². The summed E-state index contributed by atoms with van der Waals surface area (Å²) in [6.07, 6.45) is 2.72. The van der Waals surface area contributed by atoms with Crippen LogP contribution in [0.2, 0.25) is 0 Å². The van der Waals surface area contributed by atoms with Crippen LogP contribution in [-0.4, -0.2) is 30.6 Å². The molecule has 1 amide bonds. The minimum absolute atomic E-state index is 0.00899. The average molecular weight is 341 g/mol. The predicted molar refractivity (Wildman–Crippen MR) is 91.5 cm³/mol. The first kappa shape index (κ1) is 15.9. The number of hydrogen-bond acceptors (Lipinski definition) is 3. The molecule has 0 N–H and O–H groups in total. The van der Waals surface area contributed by atoms with E-state index in [1.807, 2.05) is 23.1 Å². The minimum Gasteiger partial charge on any atom is -0.490 e. The van der Waals surface area contributed by atoms with Gasteiger partial charge in [-0.15, -0.1) is 0 Å². The Labute approximate surface area is 146 Å². The summed E-state index contributed by atoms with van der Waals surface area (Å²) in [6, 6.07) is 11.7. The lowest BCUT2D eigenvalue weighted by molar-refractivity contribution is 0.0735. The normalized spacial score (nSPS) is 19.6. The summed E-state index contributed by atoms with van der Waals surface area (Å²) < 4.78 is 24.6. The fraction of sp³-hybridized carbons (Fsp3) is 0.350. The molecule has 0 spiro atoms. The molecule has 1 saturated heterocycles. The van der Waals surface area contributed by atoms with Crippen LogP contribution in [0.15, 0.2) is 42.5 Å². The summed E-state index contributed by atoms with van der Waals surface area (Å²) >= 11 is 0. The highest BCUT2D eigenvalue weighted by molar-refractivity contribution is 5.94. The van der Waals surface area contributed by atoms with E-state index < -0.39 is 0 Å². The van der Waals surface area contributed by atoms with E-state index >= 15 is 0 Å². The van der Waals surface area contributed by atoms with E-state index in [4.69, 9.17) is 9.47 Å². The van der Waals surface area contributed by atoms with Crippen molar-refractivity contribution in [1.82, 2.24) is 4.90 Å². The molecule has 2 aromatic rings. The van der Waals surface area contributed by atoms with E-state index in [1.165, 1.54) is 12.1 Å². The van der Waals surface area contributed by atoms with Gasteiger partial charge in [-0.2, -0.15) is 0 Å². The largest absolute Gasteiger partial charge is 0.490 e. The van der Waals surface area contributed by atoms with Gasteiger partial charge < -0.3 is 14.4 Å². The molecule has 0 bridgehead atoms. The fourth-order valence-electron chi connectivity index (χ4n) is 3.50. The van der Waals surface area contributed by atoms with Crippen LogP contribution >= 0.6 is 0 Å². The second-order valence-corrected chi connectivity index (χ2v) is 6.42. The van der Waals surface area contributed by atoms with Crippen molar-refractivity contribution in [1.29, 1.82) is 0 Å². The van der Waals surface area contributed by atoms with Gasteiger partial charge in [0, 0.05) is 18.5 Å². The van der Waals surface area contributed by atoms with E-state index in [0.29, 0.717) is 25.3 Å². The predicted octanol–water partition coefficient (Wildman–Crippen LogP) is 3.96. The van der Waals surface area contributed by atoms with Crippen LogP contribution in [0.25, 0.3) is 0 Å². The number of ether oxygens (including phenoxy) is 2. The number of benzene rings is 2. The number of carbonyl (C=O) groups excluding carboxylic acids is 1. The standard InChI is InChI=1S/C20H20FNO3/c21-16-7-4-14(5-8-16)20(23)22-10-1-3-17(22)15-6-9-18-19(13-15)25-12-2-11-24-18/h4-9,13,17H,1-3,10-12H2/t17-/m1/s1. The first-order valence-corrected chi connectivity index (χ1v) is 8.68. The topological polar surface area (TPSA) is 38.8 Å². The minimum atomic E-state index is -0.336. The molecule has 1 fully saturated rings. The Morgan fingerprint density at radius 1 is 1.00 bits per heavy atom. The highest BCUT2D eigenvalue weighted by Gasteiger charge is 2.31. The second kappa shape index (κ2) is 6.75. The highest BCUT2D eigenvalue weighted by Crippen LogP contribution is 2.38. The zero-order valence-corrected chi connectivity index (χ0v) is 13.9. The van der Waals surface area contributed by atoms with Crippen molar-refractivity contribution < 1.29 is 18.7 Å². The summed E-state index contributed by atoms with van der Waals surface area (Å²) in [5, 5.41) is 0. The third kappa shape index (κ3) is 3.18. The lowest BCUT2D eigenvalue weighted by Crippen LogP contribution is -2.30. The Kier molecular flexibility index (Phi) is 4.30. The number of carbonyl (C=O) groups is 1. The molecule has 0 saturated carbocycles. The first-order chi connectivity index (χ1) is 12.2. The number of likely N-dealkylation sites (tertiary alicyclic amines) is 1. The van der Waals surface area contributed by atoms with E-state index in [9.17, 15) is 9.18 Å². The molecule has 1 atom stereocenters. The van der Waals surface area contributed by atoms with Crippen molar-refractivity contribution in [2.24, 2.45) is 0 Å². The molecule has 4 rings (SSSR count). The van der Waals surface area contributed by atoms with E-state index in [-0.39, 0.29) is 17.8 Å². The van der Waals surface area contributed by atoms with Gasteiger partial charge in [-0.1, -0.05) is 6.07 Å². The molecular formula is C20H20FNO3. The van der Waals surface area contributed by atoms with Crippen LogP contribution in [0.4, 0.5) is 4.39 Å². The van der Waals surface area contributed by atoms with Crippen molar-refractivity contribution in [3.63, 3.8) is 0 Å². The van der Waals surface area contributed by atoms with Crippen LogP contribution < -0.4 is 9.47 Å². The maximum atomic E-state index is 13.1. The quantitative estimate of drug-likeness (QED) is 0.830. The van der Waals surface area contributed by atoms with Crippen LogP contribution in [0.5, 0.6) is 11.5 Å². The first-order valence-electron chi connectivity index (χ1n) is 8.68. The van der Waals surface area contributed by atoms with Crippen molar-refractivity contribution in [3.8, 4) is 11.5 Å². The Bertz CT molecular complexity index is 775. The number of nitrogens with zero attached hydrogens (tertiary/aromatic N) is 1. The lowest BCUT2D eigenvalue weighted by atomic mass is 10.0. The Balaban J connectivity index is 1.60. The van der Waals surface area contributed by atoms with Crippen LogP contribution in [0, 0.1) is 5.82 Å². The molecule has 25 heavy (non-hydrogen) atoms. The van der Waals surface area contributed by atoms with Gasteiger partial charge in [0.1, 0.15) is 5.82 Å². The molecule has 2 heterocycles. The van der Waals surface area contributed by atoms with Crippen molar-refractivity contribution in [2.45, 2.75) is 25.3 Å². The third-order valence-corrected chi connectivity index (χ3v) is 4.76. The second-order valence-electron chi connectivity index (χ2n) is 6.42. The molecule has 4 nitrogen and oxygen atoms in total. The number of fused-ring (bicyclic) bond motifs is 1. The van der Waals surface area contributed by atoms with Crippen LogP contribution in [0.1, 0.15) is 41.2 Å². The molecule has 2 aliphatic heterocycles. The molecule has 130 valence electrons. The SMILES string of the molecule is O=C(c1ccc(F)cc1)N1CCC[C@@H]1c1ccc2c(c1)OCCCO2. The maximum absolute atomic E-state index is 13.1. The zero-order chi connectivity index (χ0) is 17.2. The summed E-state index contributed by atoms with van der Waals surface area (Å²) in [4.78, 5) is 14.7. The van der Waals surface area contributed by atoms with Gasteiger partial charge in [-0.3, -0.25) is 4.79 Å².